The van der Waals surface area contributed by atoms with Crippen LogP contribution in [-0.4, -0.2) is 77.1 Å². The van der Waals surface area contributed by atoms with Gasteiger partial charge in [0.15, 0.2) is 5.96 Å². The van der Waals surface area contributed by atoms with Crippen LogP contribution in [0.3, 0.4) is 0 Å². The zero-order valence-corrected chi connectivity index (χ0v) is 21.3. The Morgan fingerprint density at radius 1 is 1.19 bits per heavy atom. The predicted molar refractivity (Wildman–Crippen MR) is 136 cm³/mol. The number of nitrogens with one attached hydrogen (secondary N) is 2. The molecular formula is C23H39IN4O3. The normalized spacial score (nSPS) is 19.0. The van der Waals surface area contributed by atoms with Crippen molar-refractivity contribution in [3.05, 3.63) is 29.8 Å². The number of hydrogen-bond donors (Lipinski definition) is 2. The summed E-state index contributed by atoms with van der Waals surface area (Å²) in [5, 5.41) is 6.94. The zero-order valence-electron chi connectivity index (χ0n) is 19.0. The molecule has 2 heterocycles. The van der Waals surface area contributed by atoms with E-state index in [-0.39, 0.29) is 30.0 Å². The van der Waals surface area contributed by atoms with Crippen LogP contribution in [0.5, 0.6) is 5.75 Å². The average molecular weight is 546 g/mol. The Hall–Kier alpha value is -1.10. The van der Waals surface area contributed by atoms with Gasteiger partial charge in [-0.1, -0.05) is 18.2 Å². The number of para-hydroxylation sites is 1. The molecule has 1 atom stereocenters. The molecule has 2 aliphatic heterocycles. The lowest BCUT2D eigenvalue weighted by Crippen LogP contribution is -2.43. The maximum absolute atomic E-state index is 5.95. The summed E-state index contributed by atoms with van der Waals surface area (Å²) in [4.78, 5) is 6.94. The Kier molecular flexibility index (Phi) is 12.5. The molecule has 0 bridgehead atoms. The van der Waals surface area contributed by atoms with E-state index in [1.807, 2.05) is 19.2 Å². The third-order valence-corrected chi connectivity index (χ3v) is 5.90. The first kappa shape index (κ1) is 26.2. The fraction of sp³-hybridized carbons (Fsp3) is 0.696. The summed E-state index contributed by atoms with van der Waals surface area (Å²) in [7, 11) is 3.57. The number of aliphatic imine (C=N–C) groups is 1. The van der Waals surface area contributed by atoms with E-state index in [0.717, 1.165) is 77.0 Å². The van der Waals surface area contributed by atoms with Gasteiger partial charge >= 0.3 is 0 Å². The highest BCUT2D eigenvalue weighted by atomic mass is 127. The van der Waals surface area contributed by atoms with Crippen molar-refractivity contribution in [1.29, 1.82) is 0 Å². The Balaban J connectivity index is 0.00000341. The first-order chi connectivity index (χ1) is 14.8. The van der Waals surface area contributed by atoms with Gasteiger partial charge in [-0.2, -0.15) is 0 Å². The predicted octanol–water partition coefficient (Wildman–Crippen LogP) is 3.20. The van der Waals surface area contributed by atoms with Crippen LogP contribution >= 0.6 is 24.0 Å². The first-order valence-electron chi connectivity index (χ1n) is 11.3. The molecule has 1 aromatic rings. The lowest BCUT2D eigenvalue weighted by Gasteiger charge is -2.30. The summed E-state index contributed by atoms with van der Waals surface area (Å²) < 4.78 is 17.0. The van der Waals surface area contributed by atoms with Crippen LogP contribution in [0, 0.1) is 0 Å². The van der Waals surface area contributed by atoms with Gasteiger partial charge in [0.25, 0.3) is 0 Å². The molecule has 0 spiro atoms. The van der Waals surface area contributed by atoms with Crippen LogP contribution in [0.4, 0.5) is 0 Å². The van der Waals surface area contributed by atoms with Crippen molar-refractivity contribution in [2.45, 2.75) is 44.2 Å². The number of ether oxygens (including phenoxy) is 3. The highest BCUT2D eigenvalue weighted by molar-refractivity contribution is 14.0. The van der Waals surface area contributed by atoms with Crippen molar-refractivity contribution in [1.82, 2.24) is 15.5 Å². The van der Waals surface area contributed by atoms with Crippen LogP contribution < -0.4 is 15.4 Å². The first-order valence-corrected chi connectivity index (χ1v) is 11.3. The molecule has 8 heteroatoms. The van der Waals surface area contributed by atoms with Gasteiger partial charge in [0.2, 0.25) is 0 Å². The number of benzene rings is 1. The van der Waals surface area contributed by atoms with E-state index in [1.54, 1.807) is 7.11 Å². The molecule has 0 radical (unpaired) electrons. The van der Waals surface area contributed by atoms with Crippen molar-refractivity contribution >= 4 is 29.9 Å². The molecule has 1 aromatic carbocycles. The molecule has 31 heavy (non-hydrogen) atoms. The highest BCUT2D eigenvalue weighted by Crippen LogP contribution is 2.31. The number of hydrogen-bond acceptors (Lipinski definition) is 5. The van der Waals surface area contributed by atoms with Gasteiger partial charge in [-0.05, 0) is 51.3 Å². The van der Waals surface area contributed by atoms with E-state index < -0.39 is 0 Å². The molecule has 1 unspecified atom stereocenters. The average Bonchev–Trinajstić information content (AvgIpc) is 3.33. The largest absolute Gasteiger partial charge is 0.496 e. The Morgan fingerprint density at radius 2 is 1.94 bits per heavy atom. The second-order valence-electron chi connectivity index (χ2n) is 7.92. The van der Waals surface area contributed by atoms with Gasteiger partial charge in [0.1, 0.15) is 5.75 Å². The van der Waals surface area contributed by atoms with Crippen LogP contribution in [0.1, 0.15) is 43.7 Å². The van der Waals surface area contributed by atoms with E-state index >= 15 is 0 Å². The minimum Gasteiger partial charge on any atom is -0.496 e. The van der Waals surface area contributed by atoms with E-state index in [1.165, 1.54) is 18.4 Å². The number of rotatable bonds is 10. The standard InChI is InChI=1S/C23H38N4O3.HI/c1-24-23(25-12-7-15-30-19-10-16-29-17-11-19)26-18-21(27-13-5-6-14-27)20-8-3-4-9-22(20)28-2;/h3-4,8-9,19,21H,5-7,10-18H2,1-2H3,(H2,24,25,26);1H. The van der Waals surface area contributed by atoms with E-state index in [0.29, 0.717) is 6.10 Å². The maximum Gasteiger partial charge on any atom is 0.191 e. The molecule has 176 valence electrons. The fourth-order valence-electron chi connectivity index (χ4n) is 4.22. The van der Waals surface area contributed by atoms with Crippen molar-refractivity contribution in [2.24, 2.45) is 4.99 Å². The number of halogens is 1. The number of methoxy groups -OCH3 is 1. The molecular weight excluding hydrogens is 507 g/mol. The molecule has 2 N–H and O–H groups in total. The third kappa shape index (κ3) is 8.40. The summed E-state index contributed by atoms with van der Waals surface area (Å²) in [5.41, 5.74) is 1.23. The van der Waals surface area contributed by atoms with Crippen molar-refractivity contribution in [2.75, 3.05) is 60.2 Å². The van der Waals surface area contributed by atoms with Gasteiger partial charge < -0.3 is 24.8 Å². The summed E-state index contributed by atoms with van der Waals surface area (Å²) in [6.45, 7) is 6.30. The van der Waals surface area contributed by atoms with E-state index in [2.05, 4.69) is 32.7 Å². The van der Waals surface area contributed by atoms with Gasteiger partial charge in [-0.25, -0.2) is 0 Å². The Labute approximate surface area is 204 Å². The monoisotopic (exact) mass is 546 g/mol. The minimum absolute atomic E-state index is 0. The molecule has 7 nitrogen and oxygen atoms in total. The van der Waals surface area contributed by atoms with E-state index in [9.17, 15) is 0 Å². The molecule has 2 fully saturated rings. The molecule has 0 amide bonds. The van der Waals surface area contributed by atoms with Crippen molar-refractivity contribution in [3.63, 3.8) is 0 Å². The summed E-state index contributed by atoms with van der Waals surface area (Å²) in [5.74, 6) is 1.78. The summed E-state index contributed by atoms with van der Waals surface area (Å²) in [6.07, 6.45) is 5.85. The zero-order chi connectivity index (χ0) is 21.0. The summed E-state index contributed by atoms with van der Waals surface area (Å²) in [6, 6.07) is 8.60. The third-order valence-electron chi connectivity index (χ3n) is 5.90. The minimum atomic E-state index is 0. The molecule has 2 saturated heterocycles. The molecule has 0 saturated carbocycles. The van der Waals surface area contributed by atoms with Crippen molar-refractivity contribution < 1.29 is 14.2 Å². The van der Waals surface area contributed by atoms with Gasteiger partial charge in [0.05, 0.1) is 19.3 Å². The second-order valence-corrected chi connectivity index (χ2v) is 7.92. The Morgan fingerprint density at radius 3 is 2.65 bits per heavy atom. The van der Waals surface area contributed by atoms with Gasteiger partial charge in [0, 0.05) is 45.5 Å². The van der Waals surface area contributed by atoms with Crippen LogP contribution in [0.2, 0.25) is 0 Å². The number of nitrogens with zero attached hydrogens (tertiary/aromatic N) is 2. The van der Waals surface area contributed by atoms with E-state index in [4.69, 9.17) is 14.2 Å². The van der Waals surface area contributed by atoms with Crippen LogP contribution in [0.25, 0.3) is 0 Å². The maximum atomic E-state index is 5.95. The lowest BCUT2D eigenvalue weighted by molar-refractivity contribution is -0.0320. The molecule has 0 aliphatic carbocycles. The van der Waals surface area contributed by atoms with Gasteiger partial charge in [-0.3, -0.25) is 9.89 Å². The molecule has 2 aliphatic rings. The second kappa shape index (κ2) is 14.9. The smallest absolute Gasteiger partial charge is 0.191 e. The highest BCUT2D eigenvalue weighted by Gasteiger charge is 2.26. The molecule has 3 rings (SSSR count). The topological polar surface area (TPSA) is 67.4 Å². The number of likely N-dealkylation sites (tertiary alicyclic amines) is 1. The number of guanidine groups is 1. The van der Waals surface area contributed by atoms with Crippen molar-refractivity contribution in [3.8, 4) is 5.75 Å². The fourth-order valence-corrected chi connectivity index (χ4v) is 4.22. The SMILES string of the molecule is CN=C(NCCCOC1CCOCC1)NCC(c1ccccc1OC)N1CCCC1.I. The summed E-state index contributed by atoms with van der Waals surface area (Å²) >= 11 is 0. The van der Waals surface area contributed by atoms with Crippen LogP contribution in [-0.2, 0) is 9.47 Å². The quantitative estimate of drug-likeness (QED) is 0.204. The van der Waals surface area contributed by atoms with Gasteiger partial charge in [-0.15, -0.1) is 24.0 Å². The Bertz CT molecular complexity index is 649. The molecule has 0 aromatic heterocycles. The lowest BCUT2D eigenvalue weighted by atomic mass is 10.0. The van der Waals surface area contributed by atoms with Crippen LogP contribution in [0.15, 0.2) is 29.3 Å².